The van der Waals surface area contributed by atoms with Crippen LogP contribution in [-0.4, -0.2) is 55.1 Å². The number of likely N-dealkylation sites (N-methyl/N-ethyl adjacent to an activating group) is 1. The van der Waals surface area contributed by atoms with Gasteiger partial charge in [0, 0.05) is 30.6 Å². The fourth-order valence-electron chi connectivity index (χ4n) is 1.45. The molecule has 1 aromatic carbocycles. The Kier molecular flexibility index (Phi) is 7.23. The molecule has 1 rings (SSSR count). The van der Waals surface area contributed by atoms with Crippen LogP contribution in [-0.2, 0) is 9.53 Å². The van der Waals surface area contributed by atoms with Gasteiger partial charge in [-0.3, -0.25) is 4.79 Å². The Labute approximate surface area is 122 Å². The summed E-state index contributed by atoms with van der Waals surface area (Å²) in [5.74, 6) is 0.299. The molecular formula is C13H18ClNO3S. The number of aliphatic hydroxyl groups is 1. The molecule has 1 amide bonds. The molecule has 106 valence electrons. The van der Waals surface area contributed by atoms with E-state index in [-0.39, 0.29) is 19.1 Å². The smallest absolute Gasteiger partial charge is 0.232 e. The minimum absolute atomic E-state index is 0.0323. The summed E-state index contributed by atoms with van der Waals surface area (Å²) in [6.07, 6.45) is -0.653. The summed E-state index contributed by atoms with van der Waals surface area (Å²) in [6, 6.07) is 7.33. The van der Waals surface area contributed by atoms with E-state index in [0.29, 0.717) is 10.8 Å². The Bertz CT molecular complexity index is 399. The first-order chi connectivity index (χ1) is 9.02. The molecule has 1 unspecified atom stereocenters. The van der Waals surface area contributed by atoms with Crippen molar-refractivity contribution in [3.8, 4) is 0 Å². The van der Waals surface area contributed by atoms with Crippen LogP contribution in [0, 0.1) is 0 Å². The lowest BCUT2D eigenvalue weighted by Crippen LogP contribution is -2.37. The van der Waals surface area contributed by atoms with Crippen molar-refractivity contribution >= 4 is 29.3 Å². The van der Waals surface area contributed by atoms with E-state index < -0.39 is 6.10 Å². The Balaban J connectivity index is 2.36. The van der Waals surface area contributed by atoms with Gasteiger partial charge in [0.2, 0.25) is 5.91 Å². The summed E-state index contributed by atoms with van der Waals surface area (Å²) in [6.45, 7) is 0.496. The number of carbonyl (C=O) groups excluding carboxylic acids is 1. The van der Waals surface area contributed by atoms with E-state index in [4.69, 9.17) is 16.3 Å². The molecule has 1 N–H and O–H groups in total. The third-order valence-electron chi connectivity index (χ3n) is 2.45. The molecular weight excluding hydrogens is 286 g/mol. The van der Waals surface area contributed by atoms with Gasteiger partial charge in [-0.2, -0.15) is 0 Å². The molecule has 4 nitrogen and oxygen atoms in total. The molecule has 0 saturated heterocycles. The third-order valence-corrected chi connectivity index (χ3v) is 3.69. The SMILES string of the molecule is COCC(O)CN(C)C(=O)CSc1ccc(Cl)cc1. The summed E-state index contributed by atoms with van der Waals surface area (Å²) in [7, 11) is 3.19. The van der Waals surface area contributed by atoms with Crippen molar-refractivity contribution in [3.63, 3.8) is 0 Å². The molecule has 1 aromatic rings. The molecule has 0 aromatic heterocycles. The summed E-state index contributed by atoms with van der Waals surface area (Å²) >= 11 is 7.23. The predicted octanol–water partition coefficient (Wildman–Crippen LogP) is 1.90. The van der Waals surface area contributed by atoms with Crippen molar-refractivity contribution in [2.75, 3.05) is 33.1 Å². The standard InChI is InChI=1S/C13H18ClNO3S/c1-15(7-11(16)8-18-2)13(17)9-19-12-5-3-10(14)4-6-12/h3-6,11,16H,7-9H2,1-2H3. The molecule has 0 bridgehead atoms. The van der Waals surface area contributed by atoms with Crippen LogP contribution in [0.25, 0.3) is 0 Å². The molecule has 0 heterocycles. The number of nitrogens with zero attached hydrogens (tertiary/aromatic N) is 1. The summed E-state index contributed by atoms with van der Waals surface area (Å²) < 4.78 is 4.82. The Morgan fingerprint density at radius 3 is 2.68 bits per heavy atom. The Morgan fingerprint density at radius 1 is 1.47 bits per heavy atom. The summed E-state index contributed by atoms with van der Waals surface area (Å²) in [4.78, 5) is 14.3. The van der Waals surface area contributed by atoms with Crippen molar-refractivity contribution in [3.05, 3.63) is 29.3 Å². The van der Waals surface area contributed by atoms with Crippen LogP contribution in [0.1, 0.15) is 0 Å². The topological polar surface area (TPSA) is 49.8 Å². The molecule has 0 aliphatic rings. The first-order valence-electron chi connectivity index (χ1n) is 5.82. The number of rotatable bonds is 7. The number of halogens is 1. The van der Waals surface area contributed by atoms with Gasteiger partial charge in [-0.25, -0.2) is 0 Å². The molecule has 0 spiro atoms. The Morgan fingerprint density at radius 2 is 2.11 bits per heavy atom. The summed E-state index contributed by atoms with van der Waals surface area (Å²) in [5, 5.41) is 10.2. The zero-order valence-electron chi connectivity index (χ0n) is 11.0. The van der Waals surface area contributed by atoms with E-state index in [9.17, 15) is 9.90 Å². The van der Waals surface area contributed by atoms with Crippen LogP contribution < -0.4 is 0 Å². The van der Waals surface area contributed by atoms with Crippen LogP contribution in [0.5, 0.6) is 0 Å². The molecule has 0 aliphatic heterocycles. The van der Waals surface area contributed by atoms with Crippen LogP contribution in [0.15, 0.2) is 29.2 Å². The average Bonchev–Trinajstić information content (AvgIpc) is 2.37. The van der Waals surface area contributed by atoms with Gasteiger partial charge in [0.15, 0.2) is 0 Å². The van der Waals surface area contributed by atoms with Gasteiger partial charge in [-0.1, -0.05) is 11.6 Å². The van der Waals surface area contributed by atoms with Gasteiger partial charge in [0.1, 0.15) is 0 Å². The van der Waals surface area contributed by atoms with E-state index in [1.165, 1.54) is 23.8 Å². The molecule has 19 heavy (non-hydrogen) atoms. The van der Waals surface area contributed by atoms with E-state index in [0.717, 1.165) is 4.90 Å². The number of methoxy groups -OCH3 is 1. The number of amides is 1. The van der Waals surface area contributed by atoms with Crippen molar-refractivity contribution in [1.29, 1.82) is 0 Å². The second kappa shape index (κ2) is 8.43. The van der Waals surface area contributed by atoms with E-state index in [1.54, 1.807) is 19.2 Å². The predicted molar refractivity (Wildman–Crippen MR) is 77.7 cm³/mol. The lowest BCUT2D eigenvalue weighted by Gasteiger charge is -2.20. The average molecular weight is 304 g/mol. The number of hydrogen-bond acceptors (Lipinski definition) is 4. The zero-order valence-corrected chi connectivity index (χ0v) is 12.6. The first kappa shape index (κ1) is 16.3. The molecule has 0 radical (unpaired) electrons. The minimum Gasteiger partial charge on any atom is -0.389 e. The highest BCUT2D eigenvalue weighted by molar-refractivity contribution is 8.00. The minimum atomic E-state index is -0.653. The molecule has 6 heteroatoms. The largest absolute Gasteiger partial charge is 0.389 e. The van der Waals surface area contributed by atoms with Gasteiger partial charge in [-0.15, -0.1) is 11.8 Å². The second-order valence-corrected chi connectivity index (χ2v) is 5.61. The fraction of sp³-hybridized carbons (Fsp3) is 0.462. The molecule has 0 saturated carbocycles. The van der Waals surface area contributed by atoms with Crippen molar-refractivity contribution in [2.45, 2.75) is 11.0 Å². The van der Waals surface area contributed by atoms with Gasteiger partial charge >= 0.3 is 0 Å². The maximum Gasteiger partial charge on any atom is 0.232 e. The van der Waals surface area contributed by atoms with Crippen LogP contribution in [0.4, 0.5) is 0 Å². The second-order valence-electron chi connectivity index (χ2n) is 4.13. The number of carbonyl (C=O) groups is 1. The highest BCUT2D eigenvalue weighted by Gasteiger charge is 2.13. The van der Waals surface area contributed by atoms with Crippen molar-refractivity contribution in [2.24, 2.45) is 0 Å². The monoisotopic (exact) mass is 303 g/mol. The van der Waals surface area contributed by atoms with Crippen LogP contribution in [0.3, 0.4) is 0 Å². The van der Waals surface area contributed by atoms with Gasteiger partial charge < -0.3 is 14.7 Å². The number of benzene rings is 1. The number of ether oxygens (including phenoxy) is 1. The van der Waals surface area contributed by atoms with Gasteiger partial charge in [0.25, 0.3) is 0 Å². The maximum atomic E-state index is 11.9. The molecule has 1 atom stereocenters. The summed E-state index contributed by atoms with van der Waals surface area (Å²) in [5.41, 5.74) is 0. The molecule has 0 fully saturated rings. The van der Waals surface area contributed by atoms with Gasteiger partial charge in [0.05, 0.1) is 18.5 Å². The van der Waals surface area contributed by atoms with E-state index in [2.05, 4.69) is 0 Å². The maximum absolute atomic E-state index is 11.9. The van der Waals surface area contributed by atoms with Crippen LogP contribution >= 0.6 is 23.4 Å². The lowest BCUT2D eigenvalue weighted by molar-refractivity contribution is -0.128. The fourth-order valence-corrected chi connectivity index (χ4v) is 2.41. The lowest BCUT2D eigenvalue weighted by atomic mass is 10.3. The first-order valence-corrected chi connectivity index (χ1v) is 7.18. The van der Waals surface area contributed by atoms with Gasteiger partial charge in [-0.05, 0) is 24.3 Å². The van der Waals surface area contributed by atoms with Crippen LogP contribution in [0.2, 0.25) is 5.02 Å². The third kappa shape index (κ3) is 6.29. The van der Waals surface area contributed by atoms with Crippen molar-refractivity contribution in [1.82, 2.24) is 4.90 Å². The van der Waals surface area contributed by atoms with E-state index >= 15 is 0 Å². The zero-order chi connectivity index (χ0) is 14.3. The van der Waals surface area contributed by atoms with E-state index in [1.807, 2.05) is 12.1 Å². The van der Waals surface area contributed by atoms with Crippen molar-refractivity contribution < 1.29 is 14.6 Å². The number of aliphatic hydroxyl groups excluding tert-OH is 1. The number of thioether (sulfide) groups is 1. The Hall–Kier alpha value is -0.750. The number of hydrogen-bond donors (Lipinski definition) is 1. The quantitative estimate of drug-likeness (QED) is 0.782. The normalized spacial score (nSPS) is 12.2. The highest BCUT2D eigenvalue weighted by Crippen LogP contribution is 2.20. The highest BCUT2D eigenvalue weighted by atomic mass is 35.5. The molecule has 0 aliphatic carbocycles.